The van der Waals surface area contributed by atoms with E-state index in [4.69, 9.17) is 0 Å². The molecule has 0 aliphatic carbocycles. The normalized spacial score (nSPS) is 11.8. The summed E-state index contributed by atoms with van der Waals surface area (Å²) in [6.45, 7) is 5.50. The molecule has 1 aromatic heterocycles. The molecule has 5 heteroatoms. The summed E-state index contributed by atoms with van der Waals surface area (Å²) in [6.07, 6.45) is 4.76. The van der Waals surface area contributed by atoms with E-state index in [1.54, 1.807) is 26.0 Å². The van der Waals surface area contributed by atoms with Gasteiger partial charge in [0.25, 0.3) is 5.69 Å². The van der Waals surface area contributed by atoms with Crippen molar-refractivity contribution >= 4 is 16.6 Å². The van der Waals surface area contributed by atoms with E-state index in [2.05, 4.69) is 11.1 Å². The number of fused-ring (bicyclic) bond motifs is 1. The van der Waals surface area contributed by atoms with Crippen LogP contribution in [0.5, 0.6) is 0 Å². The zero-order valence-electron chi connectivity index (χ0n) is 15.4. The van der Waals surface area contributed by atoms with E-state index < -0.39 is 5.60 Å². The van der Waals surface area contributed by atoms with Gasteiger partial charge in [-0.2, -0.15) is 0 Å². The monoisotopic (exact) mass is 352 g/mol. The predicted molar refractivity (Wildman–Crippen MR) is 103 cm³/mol. The molecule has 0 atom stereocenters. The number of hydrogen-bond acceptors (Lipinski definition) is 3. The number of nitrogens with zero attached hydrogens (tertiary/aromatic N) is 1. The van der Waals surface area contributed by atoms with Crippen LogP contribution in [0.1, 0.15) is 42.5 Å². The van der Waals surface area contributed by atoms with Crippen molar-refractivity contribution < 1.29 is 10.0 Å². The smallest absolute Gasteiger partial charge is 0.269 e. The first-order valence-corrected chi connectivity index (χ1v) is 8.83. The molecule has 136 valence electrons. The Kier molecular flexibility index (Phi) is 4.83. The Morgan fingerprint density at radius 3 is 2.54 bits per heavy atom. The highest BCUT2D eigenvalue weighted by Crippen LogP contribution is 2.30. The van der Waals surface area contributed by atoms with Crippen LogP contribution in [0.3, 0.4) is 0 Å². The molecule has 0 saturated carbocycles. The van der Waals surface area contributed by atoms with E-state index in [-0.39, 0.29) is 10.6 Å². The third kappa shape index (κ3) is 3.63. The lowest BCUT2D eigenvalue weighted by Crippen LogP contribution is -2.15. The summed E-state index contributed by atoms with van der Waals surface area (Å²) in [7, 11) is 0. The first-order valence-electron chi connectivity index (χ1n) is 8.83. The summed E-state index contributed by atoms with van der Waals surface area (Å²) < 4.78 is 0. The fourth-order valence-electron chi connectivity index (χ4n) is 3.47. The van der Waals surface area contributed by atoms with Gasteiger partial charge in [-0.15, -0.1) is 0 Å². The Balaban J connectivity index is 1.74. The van der Waals surface area contributed by atoms with Crippen LogP contribution < -0.4 is 0 Å². The number of benzene rings is 2. The van der Waals surface area contributed by atoms with Gasteiger partial charge in [0.1, 0.15) is 0 Å². The van der Waals surface area contributed by atoms with Gasteiger partial charge in [0.15, 0.2) is 0 Å². The largest absolute Gasteiger partial charge is 0.386 e. The fraction of sp³-hybridized carbons (Fsp3) is 0.333. The minimum Gasteiger partial charge on any atom is -0.386 e. The van der Waals surface area contributed by atoms with Crippen LogP contribution in [0, 0.1) is 17.0 Å². The molecule has 1 heterocycles. The lowest BCUT2D eigenvalue weighted by Gasteiger charge is -2.18. The molecule has 0 spiro atoms. The van der Waals surface area contributed by atoms with Crippen LogP contribution in [0.25, 0.3) is 10.9 Å². The Bertz CT molecular complexity index is 952. The molecule has 0 amide bonds. The zero-order valence-corrected chi connectivity index (χ0v) is 15.4. The van der Waals surface area contributed by atoms with Crippen molar-refractivity contribution in [2.24, 2.45) is 0 Å². The second-order valence-electron chi connectivity index (χ2n) is 7.32. The van der Waals surface area contributed by atoms with Crippen molar-refractivity contribution in [3.05, 3.63) is 75.0 Å². The van der Waals surface area contributed by atoms with Crippen molar-refractivity contribution in [2.75, 3.05) is 0 Å². The third-order valence-electron chi connectivity index (χ3n) is 4.89. The topological polar surface area (TPSA) is 79.2 Å². The number of para-hydroxylation sites is 1. The van der Waals surface area contributed by atoms with Gasteiger partial charge in [-0.25, -0.2) is 0 Å². The SMILES string of the molecule is Cc1cc([N+](=O)[O-])ccc1CCCc1c[nH]c2c(C(C)(C)O)cccc12. The number of hydrogen-bond donors (Lipinski definition) is 2. The Hall–Kier alpha value is -2.66. The predicted octanol–water partition coefficient (Wildman–Crippen LogP) is 4.79. The number of rotatable bonds is 6. The second-order valence-corrected chi connectivity index (χ2v) is 7.32. The van der Waals surface area contributed by atoms with Crippen molar-refractivity contribution in [3.8, 4) is 0 Å². The quantitative estimate of drug-likeness (QED) is 0.494. The summed E-state index contributed by atoms with van der Waals surface area (Å²) in [5.41, 5.74) is 4.47. The number of aromatic amines is 1. The van der Waals surface area contributed by atoms with Crippen LogP contribution in [-0.4, -0.2) is 15.0 Å². The molecule has 0 aliphatic rings. The van der Waals surface area contributed by atoms with Crippen molar-refractivity contribution in [2.45, 2.75) is 45.6 Å². The number of aliphatic hydroxyl groups is 1. The molecule has 3 aromatic rings. The minimum atomic E-state index is -0.891. The molecule has 0 aliphatic heterocycles. The maximum absolute atomic E-state index is 10.8. The summed E-state index contributed by atoms with van der Waals surface area (Å²) >= 11 is 0. The van der Waals surface area contributed by atoms with Gasteiger partial charge in [0.05, 0.1) is 16.0 Å². The van der Waals surface area contributed by atoms with Gasteiger partial charge in [-0.1, -0.05) is 24.3 Å². The highest BCUT2D eigenvalue weighted by atomic mass is 16.6. The van der Waals surface area contributed by atoms with Gasteiger partial charge < -0.3 is 10.1 Å². The molecule has 0 saturated heterocycles. The van der Waals surface area contributed by atoms with E-state index >= 15 is 0 Å². The number of aryl methyl sites for hydroxylation is 3. The Morgan fingerprint density at radius 1 is 1.15 bits per heavy atom. The second kappa shape index (κ2) is 6.92. The summed E-state index contributed by atoms with van der Waals surface area (Å²) in [6, 6.07) is 11.1. The van der Waals surface area contributed by atoms with E-state index in [9.17, 15) is 15.2 Å². The molecular formula is C21H24N2O3. The number of non-ortho nitro benzene ring substituents is 1. The van der Waals surface area contributed by atoms with Gasteiger partial charge in [0.2, 0.25) is 0 Å². The Morgan fingerprint density at radius 2 is 1.88 bits per heavy atom. The molecule has 0 unspecified atom stereocenters. The lowest BCUT2D eigenvalue weighted by molar-refractivity contribution is -0.384. The van der Waals surface area contributed by atoms with Crippen LogP contribution >= 0.6 is 0 Å². The molecule has 0 radical (unpaired) electrons. The van der Waals surface area contributed by atoms with Gasteiger partial charge in [0, 0.05) is 29.3 Å². The standard InChI is InChI=1S/C21H24N2O3/c1-14-12-17(23(25)26)11-10-15(14)6-4-7-16-13-22-20-18(16)8-5-9-19(20)21(2,3)24/h5,8-13,22,24H,4,6-7H2,1-3H3. The number of H-pyrrole nitrogens is 1. The van der Waals surface area contributed by atoms with E-state index in [1.165, 1.54) is 5.56 Å². The van der Waals surface area contributed by atoms with Gasteiger partial charge in [-0.05, 0) is 56.7 Å². The number of nitrogens with one attached hydrogen (secondary N) is 1. The van der Waals surface area contributed by atoms with Crippen molar-refractivity contribution in [1.29, 1.82) is 0 Å². The van der Waals surface area contributed by atoms with E-state index in [1.807, 2.05) is 31.3 Å². The van der Waals surface area contributed by atoms with Gasteiger partial charge in [-0.3, -0.25) is 10.1 Å². The van der Waals surface area contributed by atoms with Crippen LogP contribution in [0.2, 0.25) is 0 Å². The summed E-state index contributed by atoms with van der Waals surface area (Å²) in [4.78, 5) is 13.8. The van der Waals surface area contributed by atoms with E-state index in [0.29, 0.717) is 0 Å². The van der Waals surface area contributed by atoms with Crippen molar-refractivity contribution in [3.63, 3.8) is 0 Å². The molecule has 0 bridgehead atoms. The Labute approximate surface area is 152 Å². The summed E-state index contributed by atoms with van der Waals surface area (Å²) in [5, 5.41) is 22.3. The molecule has 3 rings (SSSR count). The van der Waals surface area contributed by atoms with Crippen LogP contribution in [0.15, 0.2) is 42.6 Å². The number of aromatic nitrogens is 1. The lowest BCUT2D eigenvalue weighted by atomic mass is 9.94. The first-order chi connectivity index (χ1) is 12.3. The van der Waals surface area contributed by atoms with Crippen LogP contribution in [0.4, 0.5) is 5.69 Å². The molecule has 5 nitrogen and oxygen atoms in total. The zero-order chi connectivity index (χ0) is 18.9. The van der Waals surface area contributed by atoms with Gasteiger partial charge >= 0.3 is 0 Å². The molecular weight excluding hydrogens is 328 g/mol. The molecule has 2 aromatic carbocycles. The average Bonchev–Trinajstić information content (AvgIpc) is 2.98. The van der Waals surface area contributed by atoms with E-state index in [0.717, 1.165) is 46.9 Å². The highest BCUT2D eigenvalue weighted by molar-refractivity contribution is 5.86. The average molecular weight is 352 g/mol. The number of nitro groups is 1. The number of nitro benzene ring substituents is 1. The van der Waals surface area contributed by atoms with Crippen LogP contribution in [-0.2, 0) is 18.4 Å². The molecule has 26 heavy (non-hydrogen) atoms. The first kappa shape index (κ1) is 18.1. The fourth-order valence-corrected chi connectivity index (χ4v) is 3.47. The maximum Gasteiger partial charge on any atom is 0.269 e. The third-order valence-corrected chi connectivity index (χ3v) is 4.89. The molecule has 2 N–H and O–H groups in total. The summed E-state index contributed by atoms with van der Waals surface area (Å²) in [5.74, 6) is 0. The van der Waals surface area contributed by atoms with Crippen molar-refractivity contribution in [1.82, 2.24) is 4.98 Å². The molecule has 0 fully saturated rings. The highest BCUT2D eigenvalue weighted by Gasteiger charge is 2.20. The minimum absolute atomic E-state index is 0.141. The maximum atomic E-state index is 10.8.